The highest BCUT2D eigenvalue weighted by molar-refractivity contribution is 7.80. The summed E-state index contributed by atoms with van der Waals surface area (Å²) in [7, 11) is 2.12. The second-order valence-corrected chi connectivity index (χ2v) is 2.70. The van der Waals surface area contributed by atoms with Crippen LogP contribution in [0.1, 0.15) is 12.8 Å². The van der Waals surface area contributed by atoms with E-state index in [1.807, 2.05) is 0 Å². The summed E-state index contributed by atoms with van der Waals surface area (Å²) in [4.78, 5) is 2.27. The van der Waals surface area contributed by atoms with E-state index in [1.54, 1.807) is 0 Å². The first-order chi connectivity index (χ1) is 3.30. The molecule has 2 heteroatoms. The van der Waals surface area contributed by atoms with Crippen LogP contribution in [0.25, 0.3) is 0 Å². The summed E-state index contributed by atoms with van der Waals surface area (Å²) in [6, 6.07) is 0. The van der Waals surface area contributed by atoms with E-state index in [2.05, 4.69) is 24.6 Å². The van der Waals surface area contributed by atoms with E-state index in [-0.39, 0.29) is 0 Å². The van der Waals surface area contributed by atoms with Gasteiger partial charge in [0.1, 0.15) is 0 Å². The molecule has 7 heavy (non-hydrogen) atoms. The SMILES string of the molecule is CN1CCC[C@H]1S. The van der Waals surface area contributed by atoms with Crippen molar-refractivity contribution < 1.29 is 0 Å². The lowest BCUT2D eigenvalue weighted by molar-refractivity contribution is 0.393. The van der Waals surface area contributed by atoms with Gasteiger partial charge in [-0.15, -0.1) is 0 Å². The summed E-state index contributed by atoms with van der Waals surface area (Å²) in [6.45, 7) is 1.23. The van der Waals surface area contributed by atoms with Gasteiger partial charge in [-0.25, -0.2) is 0 Å². The smallest absolute Gasteiger partial charge is 0.0525 e. The molecular weight excluding hydrogens is 106 g/mol. The van der Waals surface area contributed by atoms with Gasteiger partial charge in [-0.1, -0.05) is 0 Å². The number of rotatable bonds is 0. The molecule has 0 amide bonds. The number of likely N-dealkylation sites (tertiary alicyclic amines) is 1. The molecule has 0 saturated carbocycles. The largest absolute Gasteiger partial charge is 0.295 e. The molecule has 1 atom stereocenters. The minimum atomic E-state index is 0.542. The van der Waals surface area contributed by atoms with E-state index in [1.165, 1.54) is 19.4 Å². The molecule has 0 spiro atoms. The van der Waals surface area contributed by atoms with Gasteiger partial charge in [-0.3, -0.25) is 4.90 Å². The zero-order valence-corrected chi connectivity index (χ0v) is 5.49. The highest BCUT2D eigenvalue weighted by Gasteiger charge is 2.15. The number of nitrogens with zero attached hydrogens (tertiary/aromatic N) is 1. The summed E-state index contributed by atoms with van der Waals surface area (Å²) in [6.07, 6.45) is 2.59. The molecule has 1 rings (SSSR count). The Bertz CT molecular complexity index is 57.1. The predicted octanol–water partition coefficient (Wildman–Crippen LogP) is 0.968. The van der Waals surface area contributed by atoms with Gasteiger partial charge in [0, 0.05) is 0 Å². The Hall–Kier alpha value is 0.310. The van der Waals surface area contributed by atoms with Crippen LogP contribution in [-0.4, -0.2) is 23.9 Å². The highest BCUT2D eigenvalue weighted by atomic mass is 32.1. The van der Waals surface area contributed by atoms with Crippen LogP contribution >= 0.6 is 12.6 Å². The summed E-state index contributed by atoms with van der Waals surface area (Å²) in [5.74, 6) is 0. The van der Waals surface area contributed by atoms with Crippen molar-refractivity contribution in [2.45, 2.75) is 18.2 Å². The van der Waals surface area contributed by atoms with Crippen LogP contribution in [0, 0.1) is 0 Å². The summed E-state index contributed by atoms with van der Waals surface area (Å²) < 4.78 is 0. The lowest BCUT2D eigenvalue weighted by atomic mass is 10.4. The zero-order chi connectivity index (χ0) is 5.28. The van der Waals surface area contributed by atoms with Crippen molar-refractivity contribution in [2.75, 3.05) is 13.6 Å². The third kappa shape index (κ3) is 1.10. The third-order valence-electron chi connectivity index (χ3n) is 1.48. The topological polar surface area (TPSA) is 3.24 Å². The maximum atomic E-state index is 4.31. The highest BCUT2D eigenvalue weighted by Crippen LogP contribution is 2.16. The molecule has 42 valence electrons. The summed E-state index contributed by atoms with van der Waals surface area (Å²) in [5.41, 5.74) is 0. The predicted molar refractivity (Wildman–Crippen MR) is 34.6 cm³/mol. The van der Waals surface area contributed by atoms with Gasteiger partial charge in [-0.2, -0.15) is 12.6 Å². The molecule has 0 radical (unpaired) electrons. The molecule has 1 aliphatic heterocycles. The van der Waals surface area contributed by atoms with Gasteiger partial charge in [0.2, 0.25) is 0 Å². The lowest BCUT2D eigenvalue weighted by Crippen LogP contribution is -2.18. The van der Waals surface area contributed by atoms with Crippen LogP contribution < -0.4 is 0 Å². The Kier molecular flexibility index (Phi) is 1.60. The first kappa shape index (κ1) is 5.45. The minimum Gasteiger partial charge on any atom is -0.295 e. The van der Waals surface area contributed by atoms with Gasteiger partial charge in [0.15, 0.2) is 0 Å². The minimum absolute atomic E-state index is 0.542. The van der Waals surface area contributed by atoms with E-state index in [0.717, 1.165) is 0 Å². The van der Waals surface area contributed by atoms with Crippen molar-refractivity contribution in [3.8, 4) is 0 Å². The Morgan fingerprint density at radius 2 is 2.43 bits per heavy atom. The Morgan fingerprint density at radius 1 is 1.71 bits per heavy atom. The number of thiol groups is 1. The van der Waals surface area contributed by atoms with Crippen LogP contribution in [0.3, 0.4) is 0 Å². The van der Waals surface area contributed by atoms with E-state index in [9.17, 15) is 0 Å². The molecule has 0 bridgehead atoms. The van der Waals surface area contributed by atoms with Crippen molar-refractivity contribution in [1.82, 2.24) is 4.90 Å². The first-order valence-electron chi connectivity index (χ1n) is 2.69. The van der Waals surface area contributed by atoms with Gasteiger partial charge in [0.25, 0.3) is 0 Å². The van der Waals surface area contributed by atoms with Crippen molar-refractivity contribution in [2.24, 2.45) is 0 Å². The van der Waals surface area contributed by atoms with Crippen molar-refractivity contribution in [3.63, 3.8) is 0 Å². The van der Waals surface area contributed by atoms with E-state index >= 15 is 0 Å². The van der Waals surface area contributed by atoms with Crippen LogP contribution in [0.4, 0.5) is 0 Å². The average Bonchev–Trinajstić information content (AvgIpc) is 1.91. The Morgan fingerprint density at radius 3 is 2.57 bits per heavy atom. The zero-order valence-electron chi connectivity index (χ0n) is 4.59. The standard InChI is InChI=1S/C5H11NS/c1-6-4-2-3-5(6)7/h5,7H,2-4H2,1H3/t5-/m1/s1. The van der Waals surface area contributed by atoms with E-state index in [0.29, 0.717) is 5.37 Å². The molecule has 1 nitrogen and oxygen atoms in total. The maximum Gasteiger partial charge on any atom is 0.0525 e. The van der Waals surface area contributed by atoms with Gasteiger partial charge in [-0.05, 0) is 26.4 Å². The van der Waals surface area contributed by atoms with E-state index in [4.69, 9.17) is 0 Å². The van der Waals surface area contributed by atoms with Gasteiger partial charge >= 0.3 is 0 Å². The van der Waals surface area contributed by atoms with Gasteiger partial charge in [0.05, 0.1) is 5.37 Å². The van der Waals surface area contributed by atoms with Crippen LogP contribution in [0.15, 0.2) is 0 Å². The molecule has 1 saturated heterocycles. The van der Waals surface area contributed by atoms with Gasteiger partial charge < -0.3 is 0 Å². The molecule has 0 aromatic rings. The molecular formula is C5H11NS. The maximum absolute atomic E-state index is 4.31. The molecule has 1 heterocycles. The second-order valence-electron chi connectivity index (χ2n) is 2.10. The van der Waals surface area contributed by atoms with Crippen LogP contribution in [0.2, 0.25) is 0 Å². The van der Waals surface area contributed by atoms with Crippen LogP contribution in [0.5, 0.6) is 0 Å². The van der Waals surface area contributed by atoms with Crippen molar-refractivity contribution in [1.29, 1.82) is 0 Å². The fourth-order valence-electron chi connectivity index (χ4n) is 0.893. The van der Waals surface area contributed by atoms with E-state index < -0.39 is 0 Å². The molecule has 1 aliphatic rings. The second kappa shape index (κ2) is 2.05. The first-order valence-corrected chi connectivity index (χ1v) is 3.20. The normalized spacial score (nSPS) is 34.3. The molecule has 0 aromatic carbocycles. The lowest BCUT2D eigenvalue weighted by Gasteiger charge is -2.11. The van der Waals surface area contributed by atoms with Crippen LogP contribution in [-0.2, 0) is 0 Å². The molecule has 1 fully saturated rings. The quantitative estimate of drug-likeness (QED) is 0.463. The number of hydrogen-bond donors (Lipinski definition) is 1. The molecule has 0 N–H and O–H groups in total. The molecule has 0 unspecified atom stereocenters. The van der Waals surface area contributed by atoms with Crippen molar-refractivity contribution in [3.05, 3.63) is 0 Å². The number of hydrogen-bond acceptors (Lipinski definition) is 2. The Labute approximate surface area is 50.1 Å². The summed E-state index contributed by atoms with van der Waals surface area (Å²) in [5, 5.41) is 0.542. The third-order valence-corrected chi connectivity index (χ3v) is 2.13. The Balaban J connectivity index is 2.33. The van der Waals surface area contributed by atoms with Crippen molar-refractivity contribution >= 4 is 12.6 Å². The fourth-order valence-corrected chi connectivity index (χ4v) is 1.19. The monoisotopic (exact) mass is 117 g/mol. The molecule has 0 aliphatic carbocycles. The average molecular weight is 117 g/mol. The fraction of sp³-hybridized carbons (Fsp3) is 1.00. The summed E-state index contributed by atoms with van der Waals surface area (Å²) >= 11 is 4.31. The molecule has 0 aromatic heterocycles.